The summed E-state index contributed by atoms with van der Waals surface area (Å²) in [5, 5.41) is 0. The maximum absolute atomic E-state index is 12.7. The number of amides is 1. The quantitative estimate of drug-likeness (QED) is 0.751. The highest BCUT2D eigenvalue weighted by Crippen LogP contribution is 2.35. The Bertz CT molecular complexity index is 739. The SMILES string of the molecule is CC(C)=CC(=O)N1CCc2ccccc2[C@H]1c1ccc(C)cc1. The Hall–Kier alpha value is -2.35. The van der Waals surface area contributed by atoms with Crippen LogP contribution in [0.15, 0.2) is 60.2 Å². The summed E-state index contributed by atoms with van der Waals surface area (Å²) in [5.41, 5.74) is 6.05. The molecule has 0 fully saturated rings. The van der Waals surface area contributed by atoms with E-state index in [1.165, 1.54) is 22.3 Å². The van der Waals surface area contributed by atoms with Gasteiger partial charge in [-0.05, 0) is 43.9 Å². The zero-order chi connectivity index (χ0) is 16.4. The molecule has 3 rings (SSSR count). The topological polar surface area (TPSA) is 20.3 Å². The zero-order valence-corrected chi connectivity index (χ0v) is 14.0. The summed E-state index contributed by atoms with van der Waals surface area (Å²) in [6.45, 7) is 6.79. The number of fused-ring (bicyclic) bond motifs is 1. The number of nitrogens with zero attached hydrogens (tertiary/aromatic N) is 1. The van der Waals surface area contributed by atoms with Gasteiger partial charge in [0.25, 0.3) is 0 Å². The molecule has 0 bridgehead atoms. The van der Waals surface area contributed by atoms with Crippen LogP contribution in [0.4, 0.5) is 0 Å². The maximum atomic E-state index is 12.7. The molecular formula is C21H23NO. The van der Waals surface area contributed by atoms with Gasteiger partial charge < -0.3 is 4.90 Å². The summed E-state index contributed by atoms with van der Waals surface area (Å²) in [6.07, 6.45) is 2.66. The van der Waals surface area contributed by atoms with E-state index in [-0.39, 0.29) is 11.9 Å². The molecule has 0 saturated carbocycles. The number of aryl methyl sites for hydroxylation is 1. The Morgan fingerprint density at radius 3 is 2.48 bits per heavy atom. The van der Waals surface area contributed by atoms with E-state index in [1.807, 2.05) is 18.7 Å². The van der Waals surface area contributed by atoms with E-state index in [9.17, 15) is 4.79 Å². The molecule has 0 spiro atoms. The van der Waals surface area contributed by atoms with Crippen molar-refractivity contribution in [2.24, 2.45) is 0 Å². The standard InChI is InChI=1S/C21H23NO/c1-15(2)14-20(23)22-13-12-17-6-4-5-7-19(17)21(22)18-10-8-16(3)9-11-18/h4-11,14,21H,12-13H2,1-3H3/t21-/m1/s1. The molecule has 2 aromatic rings. The Balaban J connectivity index is 2.08. The maximum Gasteiger partial charge on any atom is 0.247 e. The van der Waals surface area contributed by atoms with Gasteiger partial charge in [-0.25, -0.2) is 0 Å². The summed E-state index contributed by atoms with van der Waals surface area (Å²) < 4.78 is 0. The van der Waals surface area contributed by atoms with Crippen LogP contribution in [-0.2, 0) is 11.2 Å². The summed E-state index contributed by atoms with van der Waals surface area (Å²) in [4.78, 5) is 14.7. The number of hydrogen-bond donors (Lipinski definition) is 0. The van der Waals surface area contributed by atoms with E-state index >= 15 is 0 Å². The van der Waals surface area contributed by atoms with Gasteiger partial charge >= 0.3 is 0 Å². The van der Waals surface area contributed by atoms with Gasteiger partial charge in [0.15, 0.2) is 0 Å². The highest BCUT2D eigenvalue weighted by molar-refractivity contribution is 5.89. The van der Waals surface area contributed by atoms with Gasteiger partial charge in [0.2, 0.25) is 5.91 Å². The number of benzene rings is 2. The summed E-state index contributed by atoms with van der Waals surface area (Å²) in [7, 11) is 0. The van der Waals surface area contributed by atoms with Crippen LogP contribution in [0, 0.1) is 6.92 Å². The van der Waals surface area contributed by atoms with E-state index in [4.69, 9.17) is 0 Å². The Labute approximate surface area is 138 Å². The first-order chi connectivity index (χ1) is 11.1. The predicted octanol–water partition coefficient (Wildman–Crippen LogP) is 4.44. The molecule has 23 heavy (non-hydrogen) atoms. The molecule has 0 unspecified atom stereocenters. The first kappa shape index (κ1) is 15.5. The van der Waals surface area contributed by atoms with E-state index in [1.54, 1.807) is 6.08 Å². The third kappa shape index (κ3) is 3.21. The summed E-state index contributed by atoms with van der Waals surface area (Å²) >= 11 is 0. The first-order valence-corrected chi connectivity index (χ1v) is 8.16. The van der Waals surface area contributed by atoms with Gasteiger partial charge in [-0.3, -0.25) is 4.79 Å². The van der Waals surface area contributed by atoms with Crippen molar-refractivity contribution in [3.8, 4) is 0 Å². The molecular weight excluding hydrogens is 282 g/mol. The van der Waals surface area contributed by atoms with Gasteiger partial charge in [0.1, 0.15) is 0 Å². The second-order valence-electron chi connectivity index (χ2n) is 6.52. The van der Waals surface area contributed by atoms with Gasteiger partial charge in [-0.15, -0.1) is 0 Å². The largest absolute Gasteiger partial charge is 0.328 e. The molecule has 0 aliphatic carbocycles. The lowest BCUT2D eigenvalue weighted by atomic mass is 9.88. The molecule has 0 aromatic heterocycles. The van der Waals surface area contributed by atoms with Crippen molar-refractivity contribution in [3.63, 3.8) is 0 Å². The zero-order valence-electron chi connectivity index (χ0n) is 14.0. The highest BCUT2D eigenvalue weighted by atomic mass is 16.2. The number of carbonyl (C=O) groups excluding carboxylic acids is 1. The van der Waals surface area contributed by atoms with Gasteiger partial charge in [-0.2, -0.15) is 0 Å². The highest BCUT2D eigenvalue weighted by Gasteiger charge is 2.30. The number of allylic oxidation sites excluding steroid dienone is 1. The molecule has 2 heteroatoms. The van der Waals surface area contributed by atoms with Crippen LogP contribution in [0.2, 0.25) is 0 Å². The molecule has 1 aliphatic heterocycles. The molecule has 1 atom stereocenters. The normalized spacial score (nSPS) is 16.7. The van der Waals surface area contributed by atoms with Crippen molar-refractivity contribution < 1.29 is 4.79 Å². The lowest BCUT2D eigenvalue weighted by Gasteiger charge is -2.37. The van der Waals surface area contributed by atoms with Crippen LogP contribution in [0.5, 0.6) is 0 Å². The van der Waals surface area contributed by atoms with Crippen molar-refractivity contribution in [2.75, 3.05) is 6.54 Å². The molecule has 2 aromatic carbocycles. The van der Waals surface area contributed by atoms with Crippen molar-refractivity contribution >= 4 is 5.91 Å². The Morgan fingerprint density at radius 1 is 1.09 bits per heavy atom. The van der Waals surface area contributed by atoms with Gasteiger partial charge in [-0.1, -0.05) is 59.7 Å². The molecule has 0 radical (unpaired) electrons. The fourth-order valence-electron chi connectivity index (χ4n) is 3.24. The second kappa shape index (κ2) is 6.41. The number of carbonyl (C=O) groups is 1. The van der Waals surface area contributed by atoms with Gasteiger partial charge in [0.05, 0.1) is 6.04 Å². The van der Waals surface area contributed by atoms with E-state index in [0.29, 0.717) is 0 Å². The van der Waals surface area contributed by atoms with Crippen molar-refractivity contribution in [3.05, 3.63) is 82.4 Å². The third-order valence-corrected chi connectivity index (χ3v) is 4.37. The van der Waals surface area contributed by atoms with Crippen molar-refractivity contribution in [2.45, 2.75) is 33.2 Å². The molecule has 1 heterocycles. The minimum atomic E-state index is 0.00338. The molecule has 0 saturated heterocycles. The van der Waals surface area contributed by atoms with Crippen LogP contribution < -0.4 is 0 Å². The second-order valence-corrected chi connectivity index (χ2v) is 6.52. The summed E-state index contributed by atoms with van der Waals surface area (Å²) in [5.74, 6) is 0.102. The molecule has 1 aliphatic rings. The van der Waals surface area contributed by atoms with Crippen molar-refractivity contribution in [1.29, 1.82) is 0 Å². The van der Waals surface area contributed by atoms with Crippen LogP contribution >= 0.6 is 0 Å². The minimum Gasteiger partial charge on any atom is -0.328 e. The third-order valence-electron chi connectivity index (χ3n) is 4.37. The first-order valence-electron chi connectivity index (χ1n) is 8.16. The van der Waals surface area contributed by atoms with Crippen LogP contribution in [0.25, 0.3) is 0 Å². The predicted molar refractivity (Wildman–Crippen MR) is 94.3 cm³/mol. The molecule has 1 amide bonds. The van der Waals surface area contributed by atoms with Crippen molar-refractivity contribution in [1.82, 2.24) is 4.90 Å². The Morgan fingerprint density at radius 2 is 1.78 bits per heavy atom. The molecule has 0 N–H and O–H groups in total. The Kier molecular flexibility index (Phi) is 4.33. The van der Waals surface area contributed by atoms with Crippen LogP contribution in [0.3, 0.4) is 0 Å². The van der Waals surface area contributed by atoms with Crippen LogP contribution in [0.1, 0.15) is 42.1 Å². The minimum absolute atomic E-state index is 0.00338. The monoisotopic (exact) mass is 305 g/mol. The van der Waals surface area contributed by atoms with E-state index in [2.05, 4.69) is 55.5 Å². The number of hydrogen-bond acceptors (Lipinski definition) is 1. The van der Waals surface area contributed by atoms with E-state index in [0.717, 1.165) is 18.5 Å². The average Bonchev–Trinajstić information content (AvgIpc) is 2.54. The molecule has 118 valence electrons. The smallest absolute Gasteiger partial charge is 0.247 e. The van der Waals surface area contributed by atoms with Crippen LogP contribution in [-0.4, -0.2) is 17.4 Å². The number of rotatable bonds is 2. The lowest BCUT2D eigenvalue weighted by molar-refractivity contribution is -0.128. The fraction of sp³-hybridized carbons (Fsp3) is 0.286. The van der Waals surface area contributed by atoms with E-state index < -0.39 is 0 Å². The molecule has 2 nitrogen and oxygen atoms in total. The summed E-state index contributed by atoms with van der Waals surface area (Å²) in [6, 6.07) is 17.0. The fourth-order valence-corrected chi connectivity index (χ4v) is 3.24. The lowest BCUT2D eigenvalue weighted by Crippen LogP contribution is -2.39. The van der Waals surface area contributed by atoms with Gasteiger partial charge in [0, 0.05) is 12.6 Å². The average molecular weight is 305 g/mol.